The molecular formula is C30H27FN6O4. The van der Waals surface area contributed by atoms with Gasteiger partial charge in [-0.05, 0) is 63.4 Å². The molecule has 6 rings (SSSR count). The fourth-order valence-corrected chi connectivity index (χ4v) is 5.20. The average Bonchev–Trinajstić information content (AvgIpc) is 3.49. The van der Waals surface area contributed by atoms with Crippen molar-refractivity contribution in [2.45, 2.75) is 51.4 Å². The number of nitrogens with one attached hydrogen (secondary N) is 1. The number of rotatable bonds is 5. The zero-order chi connectivity index (χ0) is 29.1. The lowest BCUT2D eigenvalue weighted by Gasteiger charge is -2.23. The molecule has 1 N–H and O–H groups in total. The van der Waals surface area contributed by atoms with Gasteiger partial charge in [-0.25, -0.2) is 24.1 Å². The molecule has 41 heavy (non-hydrogen) atoms. The summed E-state index contributed by atoms with van der Waals surface area (Å²) in [6, 6.07) is 11.9. The van der Waals surface area contributed by atoms with E-state index in [1.807, 2.05) is 12.1 Å². The van der Waals surface area contributed by atoms with Crippen molar-refractivity contribution < 1.29 is 23.5 Å². The summed E-state index contributed by atoms with van der Waals surface area (Å²) in [6.07, 6.45) is 4.02. The molecule has 0 bridgehead atoms. The molecule has 4 heterocycles. The molecule has 4 aromatic rings. The Morgan fingerprint density at radius 1 is 1.20 bits per heavy atom. The maximum absolute atomic E-state index is 13.8. The SMILES string of the molecule is COC1(c2ccc(Nc3ccc(-c4cnc5cc(F)ccn45)c4c3C(=O)N(C(=O)OC(C)(C)C)C4)nc2C#N)CC1. The van der Waals surface area contributed by atoms with E-state index in [1.165, 1.54) is 12.1 Å². The van der Waals surface area contributed by atoms with Gasteiger partial charge in [-0.3, -0.25) is 9.20 Å². The van der Waals surface area contributed by atoms with Gasteiger partial charge in [0.15, 0.2) is 0 Å². The Hall–Kier alpha value is -4.82. The highest BCUT2D eigenvalue weighted by atomic mass is 19.1. The van der Waals surface area contributed by atoms with Crippen molar-refractivity contribution >= 4 is 29.2 Å². The monoisotopic (exact) mass is 554 g/mol. The van der Waals surface area contributed by atoms with E-state index >= 15 is 0 Å². The van der Waals surface area contributed by atoms with Crippen LogP contribution in [0.1, 0.15) is 60.8 Å². The molecular weight excluding hydrogens is 527 g/mol. The van der Waals surface area contributed by atoms with Gasteiger partial charge >= 0.3 is 6.09 Å². The quantitative estimate of drug-likeness (QED) is 0.335. The molecule has 1 aliphatic carbocycles. The van der Waals surface area contributed by atoms with Gasteiger partial charge in [0.2, 0.25) is 0 Å². The molecule has 1 aliphatic heterocycles. The number of nitriles is 1. The number of halogens is 1. The third kappa shape index (κ3) is 4.56. The number of imide groups is 1. The summed E-state index contributed by atoms with van der Waals surface area (Å²) in [4.78, 5) is 36.7. The van der Waals surface area contributed by atoms with E-state index in [9.17, 15) is 19.2 Å². The number of ether oxygens (including phenoxy) is 2. The molecule has 1 saturated carbocycles. The van der Waals surface area contributed by atoms with E-state index in [4.69, 9.17) is 9.47 Å². The van der Waals surface area contributed by atoms with Gasteiger partial charge in [-0.15, -0.1) is 0 Å². The van der Waals surface area contributed by atoms with E-state index in [1.54, 1.807) is 56.8 Å². The number of hydrogen-bond acceptors (Lipinski definition) is 8. The van der Waals surface area contributed by atoms with Gasteiger partial charge in [-0.1, -0.05) is 6.07 Å². The lowest BCUT2D eigenvalue weighted by molar-refractivity contribution is 0.0248. The van der Waals surface area contributed by atoms with Crippen LogP contribution in [0.15, 0.2) is 48.8 Å². The molecule has 0 spiro atoms. The molecule has 10 nitrogen and oxygen atoms in total. The van der Waals surface area contributed by atoms with Crippen molar-refractivity contribution in [1.82, 2.24) is 19.3 Å². The summed E-state index contributed by atoms with van der Waals surface area (Å²) >= 11 is 0. The Kier molecular flexibility index (Phi) is 6.04. The van der Waals surface area contributed by atoms with E-state index in [0.717, 1.165) is 23.3 Å². The summed E-state index contributed by atoms with van der Waals surface area (Å²) in [7, 11) is 1.62. The van der Waals surface area contributed by atoms with Crippen LogP contribution in [0.5, 0.6) is 0 Å². The Labute approximate surface area is 235 Å². The molecule has 11 heteroatoms. The van der Waals surface area contributed by atoms with Gasteiger partial charge in [0.1, 0.15) is 34.6 Å². The molecule has 0 saturated heterocycles. The van der Waals surface area contributed by atoms with E-state index in [0.29, 0.717) is 34.0 Å². The highest BCUT2D eigenvalue weighted by Crippen LogP contribution is 2.49. The summed E-state index contributed by atoms with van der Waals surface area (Å²) in [6.45, 7) is 5.15. The van der Waals surface area contributed by atoms with Crippen LogP contribution in [0.25, 0.3) is 16.9 Å². The van der Waals surface area contributed by atoms with Crippen LogP contribution >= 0.6 is 0 Å². The minimum absolute atomic E-state index is 0.0332. The molecule has 1 aromatic carbocycles. The minimum Gasteiger partial charge on any atom is -0.443 e. The summed E-state index contributed by atoms with van der Waals surface area (Å²) in [5.74, 6) is -0.591. The smallest absolute Gasteiger partial charge is 0.417 e. The first kappa shape index (κ1) is 26.4. The molecule has 1 fully saturated rings. The zero-order valence-electron chi connectivity index (χ0n) is 23.0. The van der Waals surface area contributed by atoms with Crippen molar-refractivity contribution in [3.8, 4) is 17.3 Å². The fraction of sp³-hybridized carbons (Fsp3) is 0.300. The number of nitrogens with zero attached hydrogens (tertiary/aromatic N) is 5. The van der Waals surface area contributed by atoms with Crippen LogP contribution in [0.2, 0.25) is 0 Å². The van der Waals surface area contributed by atoms with Crippen molar-refractivity contribution in [3.05, 3.63) is 77.0 Å². The third-order valence-corrected chi connectivity index (χ3v) is 7.30. The number of amides is 2. The number of imidazole rings is 1. The van der Waals surface area contributed by atoms with Crippen LogP contribution in [-0.4, -0.2) is 44.0 Å². The Bertz CT molecular complexity index is 1780. The second kappa shape index (κ2) is 9.38. The number of carbonyl (C=O) groups excluding carboxylic acids is 2. The highest BCUT2D eigenvalue weighted by molar-refractivity contribution is 6.11. The molecule has 2 aliphatic rings. The third-order valence-electron chi connectivity index (χ3n) is 7.30. The Morgan fingerprint density at radius 3 is 2.66 bits per heavy atom. The highest BCUT2D eigenvalue weighted by Gasteiger charge is 2.47. The number of pyridine rings is 2. The lowest BCUT2D eigenvalue weighted by Crippen LogP contribution is -2.37. The maximum atomic E-state index is 13.8. The molecule has 0 atom stereocenters. The predicted octanol–water partition coefficient (Wildman–Crippen LogP) is 5.68. The van der Waals surface area contributed by atoms with Crippen LogP contribution in [0.4, 0.5) is 20.7 Å². The first-order valence-corrected chi connectivity index (χ1v) is 13.1. The molecule has 0 radical (unpaired) electrons. The van der Waals surface area contributed by atoms with E-state index < -0.39 is 29.0 Å². The van der Waals surface area contributed by atoms with Crippen LogP contribution in [0, 0.1) is 17.1 Å². The number of aromatic nitrogens is 3. The van der Waals surface area contributed by atoms with Crippen molar-refractivity contribution in [3.63, 3.8) is 0 Å². The number of carbonyl (C=O) groups is 2. The summed E-state index contributed by atoms with van der Waals surface area (Å²) in [5.41, 5.74) is 2.62. The number of anilines is 2. The Balaban J connectivity index is 1.44. The zero-order valence-corrected chi connectivity index (χ0v) is 23.0. The van der Waals surface area contributed by atoms with Gasteiger partial charge in [-0.2, -0.15) is 5.26 Å². The summed E-state index contributed by atoms with van der Waals surface area (Å²) < 4.78 is 26.7. The van der Waals surface area contributed by atoms with Crippen LogP contribution in [-0.2, 0) is 21.6 Å². The van der Waals surface area contributed by atoms with E-state index in [-0.39, 0.29) is 17.8 Å². The maximum Gasteiger partial charge on any atom is 0.417 e. The van der Waals surface area contributed by atoms with Crippen molar-refractivity contribution in [1.29, 1.82) is 5.26 Å². The standard InChI is InChI=1S/C30H27FN6O4/c1-29(2,3)41-28(39)37-16-19-18(23-15-33-25-13-17(31)9-12-36(23)25)5-7-21(26(19)27(37)38)34-24-8-6-20(22(14-32)35-24)30(40-4)10-11-30/h5-9,12-13,15H,10-11,16H2,1-4H3,(H,34,35). The number of benzene rings is 1. The van der Waals surface area contributed by atoms with Gasteiger partial charge in [0.25, 0.3) is 5.91 Å². The molecule has 3 aromatic heterocycles. The predicted molar refractivity (Wildman–Crippen MR) is 147 cm³/mol. The second-order valence-electron chi connectivity index (χ2n) is 11.1. The first-order chi connectivity index (χ1) is 19.5. The Morgan fingerprint density at radius 2 is 1.98 bits per heavy atom. The number of methoxy groups -OCH3 is 1. The minimum atomic E-state index is -0.803. The number of hydrogen-bond donors (Lipinski definition) is 1. The topological polar surface area (TPSA) is 122 Å². The van der Waals surface area contributed by atoms with Crippen molar-refractivity contribution in [2.24, 2.45) is 0 Å². The molecule has 0 unspecified atom stereocenters. The first-order valence-electron chi connectivity index (χ1n) is 13.1. The normalized spacial score (nSPS) is 15.5. The van der Waals surface area contributed by atoms with E-state index in [2.05, 4.69) is 21.4 Å². The lowest BCUT2D eigenvalue weighted by atomic mass is 9.99. The van der Waals surface area contributed by atoms with Crippen molar-refractivity contribution in [2.75, 3.05) is 12.4 Å². The number of fused-ring (bicyclic) bond motifs is 2. The van der Waals surface area contributed by atoms with Crippen LogP contribution in [0.3, 0.4) is 0 Å². The van der Waals surface area contributed by atoms with Gasteiger partial charge in [0.05, 0.1) is 35.3 Å². The average molecular weight is 555 g/mol. The van der Waals surface area contributed by atoms with Gasteiger partial charge < -0.3 is 14.8 Å². The second-order valence-corrected chi connectivity index (χ2v) is 11.1. The molecule has 2 amide bonds. The summed E-state index contributed by atoms with van der Waals surface area (Å²) in [5, 5.41) is 13.0. The van der Waals surface area contributed by atoms with Crippen LogP contribution < -0.4 is 5.32 Å². The van der Waals surface area contributed by atoms with Gasteiger partial charge in [0, 0.05) is 30.5 Å². The fourth-order valence-electron chi connectivity index (χ4n) is 5.20. The largest absolute Gasteiger partial charge is 0.443 e. The molecule has 208 valence electrons.